The molecule has 1 unspecified atom stereocenters. The number of hydrogen-bond donors (Lipinski definition) is 5. The van der Waals surface area contributed by atoms with E-state index in [-0.39, 0.29) is 13.0 Å². The normalized spacial score (nSPS) is 26.7. The second kappa shape index (κ2) is 10.6. The lowest BCUT2D eigenvalue weighted by atomic mass is 9.71. The number of aromatic nitrogens is 3. The van der Waals surface area contributed by atoms with Gasteiger partial charge in [-0.05, 0) is 44.4 Å². The zero-order valence-electron chi connectivity index (χ0n) is 19.1. The molecule has 1 aromatic carbocycles. The van der Waals surface area contributed by atoms with Crippen molar-refractivity contribution in [2.24, 2.45) is 5.41 Å². The third-order valence-electron chi connectivity index (χ3n) is 6.44. The summed E-state index contributed by atoms with van der Waals surface area (Å²) in [7, 11) is 0. The number of aliphatic hydroxyl groups is 3. The fraction of sp³-hybridized carbons (Fsp3) is 0.545. The maximum Gasteiger partial charge on any atom is 0.335 e. The molecule has 0 spiro atoms. The minimum absolute atomic E-state index is 0.0523. The molecule has 192 valence electrons. The van der Waals surface area contributed by atoms with E-state index in [1.807, 2.05) is 0 Å². The Balaban J connectivity index is 2.04. The summed E-state index contributed by atoms with van der Waals surface area (Å²) in [5, 5.41) is 55.0. The van der Waals surface area contributed by atoms with Crippen molar-refractivity contribution in [1.82, 2.24) is 14.8 Å². The van der Waals surface area contributed by atoms with Crippen molar-refractivity contribution in [2.45, 2.75) is 69.5 Å². The van der Waals surface area contributed by atoms with Gasteiger partial charge < -0.3 is 35.0 Å². The molecule has 2 aromatic rings. The molecule has 6 atom stereocenters. The Morgan fingerprint density at radius 1 is 1.11 bits per heavy atom. The van der Waals surface area contributed by atoms with Gasteiger partial charge in [-0.3, -0.25) is 9.48 Å². The topological polar surface area (TPSA) is 184 Å². The number of nitrogens with zero attached hydrogens (tertiary/aromatic N) is 3. The summed E-state index contributed by atoms with van der Waals surface area (Å²) >= 11 is 5.96. The van der Waals surface area contributed by atoms with Gasteiger partial charge in [0.2, 0.25) is 0 Å². The number of halogens is 1. The van der Waals surface area contributed by atoms with Crippen LogP contribution in [0.2, 0.25) is 5.02 Å². The van der Waals surface area contributed by atoms with Gasteiger partial charge in [0.15, 0.2) is 12.4 Å². The molecule has 5 N–H and O–H groups in total. The molecule has 1 fully saturated rings. The monoisotopic (exact) mass is 513 g/mol. The molecule has 12 nitrogen and oxygen atoms in total. The predicted octanol–water partition coefficient (Wildman–Crippen LogP) is 0.323. The number of hydrogen-bond acceptors (Lipinski definition) is 9. The van der Waals surface area contributed by atoms with E-state index in [1.165, 1.54) is 31.2 Å². The SMILES string of the molecule is CC(C)(C(=O)O)C(CCc1ccc(Cl)cc1)(Cn1cncn1)O[C@@H]1O[C@H](C(=O)O)[C@@H](O)[C@H](O)[C@H]1O. The smallest absolute Gasteiger partial charge is 0.335 e. The Morgan fingerprint density at radius 3 is 2.31 bits per heavy atom. The molecule has 1 saturated heterocycles. The van der Waals surface area contributed by atoms with Crippen molar-refractivity contribution >= 4 is 23.5 Å². The van der Waals surface area contributed by atoms with Crippen LogP contribution in [0.3, 0.4) is 0 Å². The second-order valence-electron chi connectivity index (χ2n) is 9.00. The van der Waals surface area contributed by atoms with Crippen LogP contribution in [0.25, 0.3) is 0 Å². The molecule has 0 saturated carbocycles. The van der Waals surface area contributed by atoms with Gasteiger partial charge in [0.25, 0.3) is 0 Å². The van der Waals surface area contributed by atoms with Crippen LogP contribution in [0, 0.1) is 5.41 Å². The summed E-state index contributed by atoms with van der Waals surface area (Å²) < 4.78 is 12.8. The fourth-order valence-corrected chi connectivity index (χ4v) is 4.10. The van der Waals surface area contributed by atoms with Crippen LogP contribution in [0.5, 0.6) is 0 Å². The Hall–Kier alpha value is -2.61. The zero-order valence-corrected chi connectivity index (χ0v) is 19.8. The van der Waals surface area contributed by atoms with Crippen LogP contribution in [0.1, 0.15) is 25.8 Å². The third kappa shape index (κ3) is 5.63. The highest BCUT2D eigenvalue weighted by molar-refractivity contribution is 6.30. The summed E-state index contributed by atoms with van der Waals surface area (Å²) in [4.78, 5) is 27.9. The van der Waals surface area contributed by atoms with Crippen LogP contribution in [-0.2, 0) is 32.0 Å². The highest BCUT2D eigenvalue weighted by atomic mass is 35.5. The van der Waals surface area contributed by atoms with Gasteiger partial charge in [-0.1, -0.05) is 23.7 Å². The van der Waals surface area contributed by atoms with Gasteiger partial charge in [0, 0.05) is 5.02 Å². The van der Waals surface area contributed by atoms with Gasteiger partial charge in [-0.25, -0.2) is 9.78 Å². The molecule has 0 amide bonds. The maximum absolute atomic E-state index is 12.4. The van der Waals surface area contributed by atoms with Gasteiger partial charge in [-0.15, -0.1) is 0 Å². The number of aliphatic carboxylic acids is 2. The van der Waals surface area contributed by atoms with Crippen LogP contribution in [0.15, 0.2) is 36.9 Å². The van der Waals surface area contributed by atoms with Gasteiger partial charge in [0.1, 0.15) is 36.6 Å². The number of ether oxygens (including phenoxy) is 2. The Morgan fingerprint density at radius 2 is 1.77 bits per heavy atom. The van der Waals surface area contributed by atoms with Crippen molar-refractivity contribution < 1.29 is 44.6 Å². The van der Waals surface area contributed by atoms with Crippen molar-refractivity contribution in [3.05, 3.63) is 47.5 Å². The van der Waals surface area contributed by atoms with Crippen molar-refractivity contribution in [1.29, 1.82) is 0 Å². The minimum Gasteiger partial charge on any atom is -0.481 e. The van der Waals surface area contributed by atoms with Gasteiger partial charge in [-0.2, -0.15) is 5.10 Å². The number of benzene rings is 1. The molecule has 2 heterocycles. The first-order valence-electron chi connectivity index (χ1n) is 10.8. The fourth-order valence-electron chi connectivity index (χ4n) is 3.97. The maximum atomic E-state index is 12.4. The summed E-state index contributed by atoms with van der Waals surface area (Å²) in [6.07, 6.45) is -6.42. The van der Waals surface area contributed by atoms with Crippen molar-refractivity contribution in [3.8, 4) is 0 Å². The molecule has 35 heavy (non-hydrogen) atoms. The number of carbonyl (C=O) groups is 2. The van der Waals surface area contributed by atoms with Crippen LogP contribution in [0.4, 0.5) is 0 Å². The highest BCUT2D eigenvalue weighted by Gasteiger charge is 2.56. The predicted molar refractivity (Wildman–Crippen MR) is 119 cm³/mol. The van der Waals surface area contributed by atoms with Gasteiger partial charge in [0.05, 0.1) is 12.0 Å². The average Bonchev–Trinajstić information content (AvgIpc) is 3.31. The lowest BCUT2D eigenvalue weighted by Gasteiger charge is -2.48. The van der Waals surface area contributed by atoms with E-state index in [9.17, 15) is 35.1 Å². The first-order chi connectivity index (χ1) is 16.4. The van der Waals surface area contributed by atoms with E-state index in [1.54, 1.807) is 24.3 Å². The molecule has 1 aromatic heterocycles. The van der Waals surface area contributed by atoms with Crippen molar-refractivity contribution in [3.63, 3.8) is 0 Å². The standard InChI is InChI=1S/C22H28ClN3O9/c1-21(2,20(32)33)22(9-26-11-24-10-25-26,8-7-12-3-5-13(23)6-4-12)35-19-16(29)14(27)15(28)17(34-19)18(30)31/h3-6,10-11,14-17,19,27-29H,7-9H2,1-2H3,(H,30,31)(H,32,33)/t14-,15-,16+,17-,19-,22?/m0/s1. The minimum atomic E-state index is -1.92. The average molecular weight is 514 g/mol. The summed E-state index contributed by atoms with van der Waals surface area (Å²) in [6, 6.07) is 6.90. The summed E-state index contributed by atoms with van der Waals surface area (Å²) in [5.74, 6) is -2.83. The number of rotatable bonds is 10. The highest BCUT2D eigenvalue weighted by Crippen LogP contribution is 2.42. The van der Waals surface area contributed by atoms with E-state index in [0.29, 0.717) is 11.4 Å². The molecular formula is C22H28ClN3O9. The van der Waals surface area contributed by atoms with E-state index in [2.05, 4.69) is 10.1 Å². The lowest BCUT2D eigenvalue weighted by molar-refractivity contribution is -0.335. The summed E-state index contributed by atoms with van der Waals surface area (Å²) in [6.45, 7) is 2.68. The molecule has 0 bridgehead atoms. The number of carboxylic acid groups (broad SMARTS) is 2. The lowest BCUT2D eigenvalue weighted by Crippen LogP contribution is -2.64. The molecule has 0 radical (unpaired) electrons. The second-order valence-corrected chi connectivity index (χ2v) is 9.43. The Bertz CT molecular complexity index is 1020. The van der Waals surface area contributed by atoms with E-state index in [0.717, 1.165) is 5.56 Å². The molecule has 1 aliphatic rings. The Labute approximate surface area is 205 Å². The molecule has 1 aliphatic heterocycles. The first-order valence-corrected chi connectivity index (χ1v) is 11.2. The van der Waals surface area contributed by atoms with Gasteiger partial charge >= 0.3 is 11.9 Å². The molecule has 0 aliphatic carbocycles. The quantitative estimate of drug-likeness (QED) is 0.294. The summed E-state index contributed by atoms with van der Waals surface area (Å²) in [5.41, 5.74) is -2.50. The zero-order chi connectivity index (χ0) is 26.0. The van der Waals surface area contributed by atoms with E-state index in [4.69, 9.17) is 21.1 Å². The third-order valence-corrected chi connectivity index (χ3v) is 6.70. The van der Waals surface area contributed by atoms with E-state index < -0.39 is 53.7 Å². The molecular weight excluding hydrogens is 486 g/mol. The molecule has 13 heteroatoms. The number of aliphatic hydroxyl groups excluding tert-OH is 3. The number of carboxylic acids is 2. The Kier molecular flexibility index (Phi) is 8.14. The van der Waals surface area contributed by atoms with E-state index >= 15 is 0 Å². The van der Waals surface area contributed by atoms with Crippen LogP contribution >= 0.6 is 11.6 Å². The number of aryl methyl sites for hydroxylation is 1. The molecule has 3 rings (SSSR count). The van der Waals surface area contributed by atoms with Crippen LogP contribution in [-0.4, -0.2) is 88.5 Å². The van der Waals surface area contributed by atoms with Crippen LogP contribution < -0.4 is 0 Å². The largest absolute Gasteiger partial charge is 0.481 e. The van der Waals surface area contributed by atoms with Crippen molar-refractivity contribution in [2.75, 3.05) is 0 Å². The first kappa shape index (κ1) is 27.0.